The minimum atomic E-state index is -0.354. The molecule has 2 aliphatic heterocycles. The summed E-state index contributed by atoms with van der Waals surface area (Å²) in [6, 6.07) is 5.28. The third kappa shape index (κ3) is 3.73. The van der Waals surface area contributed by atoms with Gasteiger partial charge in [0, 0.05) is 37.9 Å². The number of amides is 1. The van der Waals surface area contributed by atoms with E-state index in [2.05, 4.69) is 19.8 Å². The maximum Gasteiger partial charge on any atom is 0.255 e. The lowest BCUT2D eigenvalue weighted by Gasteiger charge is -2.40. The van der Waals surface area contributed by atoms with Crippen LogP contribution >= 0.6 is 0 Å². The van der Waals surface area contributed by atoms with Gasteiger partial charge in [0.25, 0.3) is 5.56 Å². The van der Waals surface area contributed by atoms with Crippen LogP contribution in [-0.2, 0) is 4.79 Å². The second-order valence-electron chi connectivity index (χ2n) is 9.17. The van der Waals surface area contributed by atoms with Crippen molar-refractivity contribution in [1.82, 2.24) is 19.4 Å². The molecule has 3 fully saturated rings. The number of nitrogens with zero attached hydrogens (tertiary/aromatic N) is 5. The van der Waals surface area contributed by atoms with Gasteiger partial charge in [-0.3, -0.25) is 14.2 Å². The van der Waals surface area contributed by atoms with Crippen LogP contribution in [0.1, 0.15) is 44.9 Å². The molecule has 8 heteroatoms. The molecule has 1 N–H and O–H groups in total. The topological polar surface area (TPSA) is 91.6 Å². The predicted octanol–water partition coefficient (Wildman–Crippen LogP) is 1.75. The summed E-state index contributed by atoms with van der Waals surface area (Å²) in [6.07, 6.45) is 10.9. The molecule has 1 saturated carbocycles. The number of hydrogen-bond acceptors (Lipinski definition) is 6. The van der Waals surface area contributed by atoms with Crippen LogP contribution < -0.4 is 10.5 Å². The minimum Gasteiger partial charge on any atom is -0.393 e. The molecule has 1 aliphatic carbocycles. The highest BCUT2D eigenvalue weighted by Gasteiger charge is 2.50. The Morgan fingerprint density at radius 3 is 2.52 bits per heavy atom. The quantitative estimate of drug-likeness (QED) is 0.809. The molecule has 8 nitrogen and oxygen atoms in total. The molecule has 31 heavy (non-hydrogen) atoms. The number of aliphatic hydroxyl groups excluding tert-OH is 1. The van der Waals surface area contributed by atoms with E-state index in [-0.39, 0.29) is 29.0 Å². The van der Waals surface area contributed by atoms with Crippen LogP contribution in [-0.4, -0.2) is 62.2 Å². The molecule has 1 atom stereocenters. The lowest BCUT2D eigenvalue weighted by Crippen LogP contribution is -2.50. The van der Waals surface area contributed by atoms with E-state index in [1.165, 1.54) is 10.6 Å². The van der Waals surface area contributed by atoms with Crippen molar-refractivity contribution >= 4 is 11.9 Å². The van der Waals surface area contributed by atoms with Gasteiger partial charge in [-0.05, 0) is 51.0 Å². The Hall–Kier alpha value is -2.74. The van der Waals surface area contributed by atoms with Gasteiger partial charge in [-0.15, -0.1) is 0 Å². The standard InChI is InChI=1S/C23H29N5O3/c29-19-7-5-17(6-8-19)28-13-10-23(21(28)31)9-3-11-26(16-23)22-24-14-18(15-25-22)27-12-2-1-4-20(27)30/h1-2,4,12,14-15,17,19,29H,3,5-11,13,16H2/t17-,19+,23?. The fourth-order valence-electron chi connectivity index (χ4n) is 5.49. The highest BCUT2D eigenvalue weighted by molar-refractivity contribution is 5.86. The van der Waals surface area contributed by atoms with Crippen LogP contribution in [0.2, 0.25) is 0 Å². The van der Waals surface area contributed by atoms with Crippen molar-refractivity contribution in [3.8, 4) is 5.69 Å². The first kappa shape index (κ1) is 20.2. The Morgan fingerprint density at radius 1 is 1.00 bits per heavy atom. The average Bonchev–Trinajstić information content (AvgIpc) is 3.10. The van der Waals surface area contributed by atoms with Crippen LogP contribution in [0.5, 0.6) is 0 Å². The molecule has 0 radical (unpaired) electrons. The van der Waals surface area contributed by atoms with E-state index >= 15 is 0 Å². The van der Waals surface area contributed by atoms with Gasteiger partial charge in [0.15, 0.2) is 0 Å². The Labute approximate surface area is 181 Å². The second kappa shape index (κ2) is 8.07. The van der Waals surface area contributed by atoms with E-state index in [4.69, 9.17) is 0 Å². The third-order valence-electron chi connectivity index (χ3n) is 7.24. The van der Waals surface area contributed by atoms with Gasteiger partial charge in [0.1, 0.15) is 0 Å². The van der Waals surface area contributed by atoms with Gasteiger partial charge in [0.05, 0.1) is 29.6 Å². The average molecular weight is 424 g/mol. The number of rotatable bonds is 3. The van der Waals surface area contributed by atoms with E-state index in [0.717, 1.165) is 58.0 Å². The number of piperidine rings is 1. The summed E-state index contributed by atoms with van der Waals surface area (Å²) in [5.74, 6) is 0.880. The fraction of sp³-hybridized carbons (Fsp3) is 0.565. The van der Waals surface area contributed by atoms with Crippen LogP contribution in [0.15, 0.2) is 41.6 Å². The fourth-order valence-corrected chi connectivity index (χ4v) is 5.49. The van der Waals surface area contributed by atoms with Gasteiger partial charge in [-0.2, -0.15) is 0 Å². The molecular formula is C23H29N5O3. The van der Waals surface area contributed by atoms with Crippen molar-refractivity contribution in [3.63, 3.8) is 0 Å². The van der Waals surface area contributed by atoms with Crippen LogP contribution in [0.4, 0.5) is 5.95 Å². The Kier molecular flexibility index (Phi) is 5.25. The van der Waals surface area contributed by atoms with Gasteiger partial charge in [-0.25, -0.2) is 9.97 Å². The molecule has 2 aromatic heterocycles. The van der Waals surface area contributed by atoms with Crippen molar-refractivity contribution in [2.24, 2.45) is 5.41 Å². The van der Waals surface area contributed by atoms with Gasteiger partial charge >= 0.3 is 0 Å². The number of pyridine rings is 1. The molecule has 1 unspecified atom stereocenters. The largest absolute Gasteiger partial charge is 0.393 e. The Morgan fingerprint density at radius 2 is 1.77 bits per heavy atom. The zero-order valence-corrected chi connectivity index (χ0v) is 17.7. The molecular weight excluding hydrogens is 394 g/mol. The number of hydrogen-bond donors (Lipinski definition) is 1. The SMILES string of the molecule is O=C1N([C@H]2CC[C@@H](O)CC2)CCC12CCCN(c1ncc(-n3ccccc3=O)cn1)C2. The van der Waals surface area contributed by atoms with E-state index in [0.29, 0.717) is 18.2 Å². The van der Waals surface area contributed by atoms with Crippen molar-refractivity contribution in [2.45, 2.75) is 57.1 Å². The van der Waals surface area contributed by atoms with Gasteiger partial charge < -0.3 is 14.9 Å². The molecule has 1 spiro atoms. The van der Waals surface area contributed by atoms with Crippen molar-refractivity contribution < 1.29 is 9.90 Å². The number of carbonyl (C=O) groups is 1. The predicted molar refractivity (Wildman–Crippen MR) is 116 cm³/mol. The first-order valence-electron chi connectivity index (χ1n) is 11.3. The van der Waals surface area contributed by atoms with Crippen LogP contribution in [0.3, 0.4) is 0 Å². The maximum absolute atomic E-state index is 13.5. The molecule has 2 saturated heterocycles. The number of aromatic nitrogens is 3. The van der Waals surface area contributed by atoms with E-state index in [1.807, 2.05) is 0 Å². The first-order valence-corrected chi connectivity index (χ1v) is 11.3. The lowest BCUT2D eigenvalue weighted by molar-refractivity contribution is -0.139. The minimum absolute atomic E-state index is 0.123. The second-order valence-corrected chi connectivity index (χ2v) is 9.17. The summed E-state index contributed by atoms with van der Waals surface area (Å²) < 4.78 is 1.51. The molecule has 0 bridgehead atoms. The highest BCUT2D eigenvalue weighted by Crippen LogP contribution is 2.43. The number of aliphatic hydroxyl groups is 1. The Bertz CT molecular complexity index is 999. The number of carbonyl (C=O) groups excluding carboxylic acids is 1. The molecule has 0 aromatic carbocycles. The summed E-state index contributed by atoms with van der Waals surface area (Å²) in [6.45, 7) is 2.28. The third-order valence-corrected chi connectivity index (χ3v) is 7.24. The van der Waals surface area contributed by atoms with Gasteiger partial charge in [0.2, 0.25) is 11.9 Å². The molecule has 2 aromatic rings. The van der Waals surface area contributed by atoms with E-state index in [1.54, 1.807) is 30.7 Å². The summed E-state index contributed by atoms with van der Waals surface area (Å²) in [5, 5.41) is 9.80. The lowest BCUT2D eigenvalue weighted by atomic mass is 9.78. The number of anilines is 1. The zero-order valence-electron chi connectivity index (χ0n) is 17.7. The van der Waals surface area contributed by atoms with Crippen LogP contribution in [0.25, 0.3) is 5.69 Å². The molecule has 164 valence electrons. The monoisotopic (exact) mass is 423 g/mol. The zero-order chi connectivity index (χ0) is 21.4. The summed E-state index contributed by atoms with van der Waals surface area (Å²) in [7, 11) is 0. The van der Waals surface area contributed by atoms with Crippen LogP contribution in [0, 0.1) is 5.41 Å². The van der Waals surface area contributed by atoms with E-state index < -0.39 is 0 Å². The van der Waals surface area contributed by atoms with E-state index in [9.17, 15) is 14.7 Å². The molecule has 1 amide bonds. The molecule has 5 rings (SSSR count). The summed E-state index contributed by atoms with van der Waals surface area (Å²) in [5.41, 5.74) is 0.151. The summed E-state index contributed by atoms with van der Waals surface area (Å²) >= 11 is 0. The highest BCUT2D eigenvalue weighted by atomic mass is 16.3. The Balaban J connectivity index is 1.31. The molecule has 4 heterocycles. The van der Waals surface area contributed by atoms with Crippen molar-refractivity contribution in [3.05, 3.63) is 47.1 Å². The normalized spacial score (nSPS) is 29.0. The van der Waals surface area contributed by atoms with Crippen molar-refractivity contribution in [2.75, 3.05) is 24.5 Å². The number of likely N-dealkylation sites (tertiary alicyclic amines) is 1. The molecule has 3 aliphatic rings. The maximum atomic E-state index is 13.5. The van der Waals surface area contributed by atoms with Crippen molar-refractivity contribution in [1.29, 1.82) is 0 Å². The van der Waals surface area contributed by atoms with Gasteiger partial charge in [-0.1, -0.05) is 6.07 Å². The summed E-state index contributed by atoms with van der Waals surface area (Å²) in [4.78, 5) is 38.7. The first-order chi connectivity index (χ1) is 15.1. The smallest absolute Gasteiger partial charge is 0.255 e.